The van der Waals surface area contributed by atoms with Crippen LogP contribution in [0.15, 0.2) is 118 Å². The second kappa shape index (κ2) is 7.27. The lowest BCUT2D eigenvalue weighted by molar-refractivity contribution is 0.533. The van der Waals surface area contributed by atoms with Gasteiger partial charge in [0.1, 0.15) is 21.9 Å². The highest BCUT2D eigenvalue weighted by Gasteiger charge is 2.12. The van der Waals surface area contributed by atoms with Gasteiger partial charge in [-0.1, -0.05) is 66.7 Å². The zero-order chi connectivity index (χ0) is 23.6. The number of fused-ring (bicyclic) bond motifs is 7. The molecule has 4 nitrogen and oxygen atoms in total. The van der Waals surface area contributed by atoms with Crippen LogP contribution in [-0.4, -0.2) is 9.97 Å². The van der Waals surface area contributed by atoms with Crippen molar-refractivity contribution in [3.05, 3.63) is 152 Å². The fourth-order valence-electron chi connectivity index (χ4n) is 5.47. The number of benzene rings is 4. The number of para-hydroxylation sites is 2. The fourth-order valence-corrected chi connectivity index (χ4v) is 5.47. The van der Waals surface area contributed by atoms with Crippen LogP contribution in [0.5, 0.6) is 0 Å². The average molecular weight is 463 g/mol. The van der Waals surface area contributed by atoms with Crippen LogP contribution in [0.1, 0.15) is 0 Å². The van der Waals surface area contributed by atoms with Gasteiger partial charge >= 0.3 is 0 Å². The fraction of sp³-hybridized carbons (Fsp3) is 0. The molecule has 0 N–H and O–H groups in total. The minimum Gasteiger partial charge on any atom is -0.464 e. The molecule has 0 aliphatic heterocycles. The molecule has 168 valence electrons. The Bertz CT molecular complexity index is 2390. The summed E-state index contributed by atoms with van der Waals surface area (Å²) in [6.45, 7) is 0. The highest BCUT2D eigenvalue weighted by molar-refractivity contribution is 6.09. The molecule has 7 aromatic rings. The molecular formula is C32H18N2O2. The van der Waals surface area contributed by atoms with Crippen LogP contribution in [0, 0.1) is 42.2 Å². The average Bonchev–Trinajstić information content (AvgIpc) is 3.57. The van der Waals surface area contributed by atoms with Gasteiger partial charge in [0.2, 0.25) is 0 Å². The van der Waals surface area contributed by atoms with Crippen LogP contribution >= 0.6 is 0 Å². The molecule has 0 spiro atoms. The molecule has 0 radical (unpaired) electrons. The number of hydrogen-bond donors (Lipinski definition) is 0. The van der Waals surface area contributed by atoms with E-state index in [1.165, 1.54) is 0 Å². The van der Waals surface area contributed by atoms with E-state index in [0.717, 1.165) is 75.3 Å². The Labute approximate surface area is 203 Å². The Morgan fingerprint density at radius 2 is 1.33 bits per heavy atom. The van der Waals surface area contributed by atoms with E-state index in [1.807, 2.05) is 30.3 Å². The molecule has 0 amide bonds. The first kappa shape index (κ1) is 19.4. The Morgan fingerprint density at radius 3 is 2.25 bits per heavy atom. The summed E-state index contributed by atoms with van der Waals surface area (Å²) in [6, 6.07) is 31.4. The maximum absolute atomic E-state index is 6.35. The van der Waals surface area contributed by atoms with Gasteiger partial charge in [-0.15, -0.1) is 0 Å². The monoisotopic (exact) mass is 462 g/mol. The molecule has 0 saturated heterocycles. The lowest BCUT2D eigenvalue weighted by Crippen LogP contribution is -1.92. The van der Waals surface area contributed by atoms with E-state index in [-0.39, 0.29) is 0 Å². The summed E-state index contributed by atoms with van der Waals surface area (Å²) in [6.07, 6.45) is 5.21. The minimum absolute atomic E-state index is 0.801. The number of rotatable bonds is 1. The zero-order valence-electron chi connectivity index (χ0n) is 19.1. The third-order valence-corrected chi connectivity index (χ3v) is 7.07. The predicted octanol–water partition coefficient (Wildman–Crippen LogP) is 7.10. The molecular weight excluding hydrogens is 444 g/mol. The lowest BCUT2D eigenvalue weighted by atomic mass is 9.99. The number of aromatic nitrogens is 2. The smallest absolute Gasteiger partial charge is 0.143 e. The highest BCUT2D eigenvalue weighted by atomic mass is 16.3. The Balaban J connectivity index is 1.62. The molecule has 8 rings (SSSR count). The summed E-state index contributed by atoms with van der Waals surface area (Å²) in [5.74, 6) is 0. The third-order valence-electron chi connectivity index (χ3n) is 7.07. The Hall–Kier alpha value is -4.96. The number of hydrogen-bond acceptors (Lipinski definition) is 4. The predicted molar refractivity (Wildman–Crippen MR) is 137 cm³/mol. The van der Waals surface area contributed by atoms with Gasteiger partial charge in [-0.25, -0.2) is 0 Å². The van der Waals surface area contributed by atoms with Crippen molar-refractivity contribution in [2.45, 2.75) is 0 Å². The van der Waals surface area contributed by atoms with Crippen molar-refractivity contribution in [1.29, 1.82) is 0 Å². The van der Waals surface area contributed by atoms with Crippen LogP contribution < -0.4 is 0 Å². The first-order chi connectivity index (χ1) is 17.9. The lowest BCUT2D eigenvalue weighted by Gasteiger charge is -2.05. The topological polar surface area (TPSA) is 52.1 Å². The molecule has 4 heteroatoms. The van der Waals surface area contributed by atoms with E-state index in [0.29, 0.717) is 0 Å². The van der Waals surface area contributed by atoms with Gasteiger partial charge in [-0.3, -0.25) is 9.97 Å². The zero-order valence-corrected chi connectivity index (χ0v) is 19.1. The van der Waals surface area contributed by atoms with E-state index in [9.17, 15) is 0 Å². The second-order valence-corrected chi connectivity index (χ2v) is 9.00. The van der Waals surface area contributed by atoms with Crippen molar-refractivity contribution in [2.75, 3.05) is 0 Å². The maximum atomic E-state index is 6.35. The van der Waals surface area contributed by atoms with Crippen molar-refractivity contribution in [3.8, 4) is 11.1 Å². The Morgan fingerprint density at radius 1 is 0.556 bits per heavy atom. The van der Waals surface area contributed by atoms with Crippen LogP contribution in [0.3, 0.4) is 0 Å². The number of nitrogens with zero attached hydrogens (tertiary/aromatic N) is 2. The summed E-state index contributed by atoms with van der Waals surface area (Å²) in [4.78, 5) is 9.43. The first-order valence-electron chi connectivity index (χ1n) is 11.9. The molecule has 1 aliphatic rings. The molecule has 4 aromatic carbocycles. The Kier molecular flexibility index (Phi) is 3.91. The third kappa shape index (κ3) is 2.64. The standard InChI is InChI=1S/C32H18N2O2/c1-2-8-23-21(6-1)27-18-19(20-9-5-10-24-22-7-3-4-11-28(22)36-32(20)24)12-13-25(27)31-26(14-17-35-31)30-29(23)33-15-16-34-30/h1-18H/b27-21-,29-23+,30-26+,31-25+. The quantitative estimate of drug-likeness (QED) is 0.261. The van der Waals surface area contributed by atoms with Crippen LogP contribution in [0.4, 0.5) is 0 Å². The summed E-state index contributed by atoms with van der Waals surface area (Å²) < 4.78 is 12.4. The summed E-state index contributed by atoms with van der Waals surface area (Å²) >= 11 is 0. The van der Waals surface area contributed by atoms with E-state index in [2.05, 4.69) is 60.7 Å². The van der Waals surface area contributed by atoms with E-state index < -0.39 is 0 Å². The van der Waals surface area contributed by atoms with Crippen molar-refractivity contribution < 1.29 is 8.83 Å². The van der Waals surface area contributed by atoms with Crippen molar-refractivity contribution >= 4 is 21.9 Å². The molecule has 0 unspecified atom stereocenters. The van der Waals surface area contributed by atoms with Crippen molar-refractivity contribution in [2.24, 2.45) is 0 Å². The molecule has 0 atom stereocenters. The summed E-state index contributed by atoms with van der Waals surface area (Å²) in [5, 5.41) is 9.13. The number of furan rings is 2. The highest BCUT2D eigenvalue weighted by Crippen LogP contribution is 2.35. The second-order valence-electron chi connectivity index (χ2n) is 9.00. The van der Waals surface area contributed by atoms with Gasteiger partial charge in [0.05, 0.1) is 11.6 Å². The largest absolute Gasteiger partial charge is 0.464 e. The molecule has 1 aliphatic carbocycles. The maximum Gasteiger partial charge on any atom is 0.143 e. The van der Waals surface area contributed by atoms with E-state index in [1.54, 1.807) is 18.7 Å². The minimum atomic E-state index is 0.801. The van der Waals surface area contributed by atoms with E-state index >= 15 is 0 Å². The SMILES string of the molecule is c1ccc2/c(c1)=c1/cc(-c3cccc4c3oc3ccccc34)cc/c1=c1\occ\c1=c1/nccn/c1=2. The van der Waals surface area contributed by atoms with Crippen molar-refractivity contribution in [1.82, 2.24) is 9.97 Å². The van der Waals surface area contributed by atoms with Crippen LogP contribution in [-0.2, 0) is 0 Å². The van der Waals surface area contributed by atoms with Gasteiger partial charge in [-0.05, 0) is 40.3 Å². The summed E-state index contributed by atoms with van der Waals surface area (Å²) in [5.41, 5.74) is 4.74. The molecule has 0 bridgehead atoms. The van der Waals surface area contributed by atoms with Gasteiger partial charge in [-0.2, -0.15) is 0 Å². The van der Waals surface area contributed by atoms with Crippen molar-refractivity contribution in [3.63, 3.8) is 0 Å². The first-order valence-corrected chi connectivity index (χ1v) is 11.9. The van der Waals surface area contributed by atoms with Gasteiger partial charge in [0.25, 0.3) is 0 Å². The van der Waals surface area contributed by atoms with E-state index in [4.69, 9.17) is 18.8 Å². The van der Waals surface area contributed by atoms with Gasteiger partial charge in [0.15, 0.2) is 0 Å². The molecule has 3 heterocycles. The molecule has 3 aromatic heterocycles. The summed E-state index contributed by atoms with van der Waals surface area (Å²) in [7, 11) is 0. The van der Waals surface area contributed by atoms with Gasteiger partial charge in [0, 0.05) is 44.4 Å². The molecule has 0 fully saturated rings. The van der Waals surface area contributed by atoms with Crippen LogP contribution in [0.2, 0.25) is 0 Å². The van der Waals surface area contributed by atoms with Crippen LogP contribution in [0.25, 0.3) is 33.1 Å². The molecule has 0 saturated carbocycles. The molecule has 36 heavy (non-hydrogen) atoms. The van der Waals surface area contributed by atoms with Gasteiger partial charge < -0.3 is 8.83 Å². The normalized spacial score (nSPS) is 15.9.